The van der Waals surface area contributed by atoms with Gasteiger partial charge >= 0.3 is 5.97 Å². The van der Waals surface area contributed by atoms with Gasteiger partial charge in [-0.05, 0) is 104 Å². The number of amides is 5. The van der Waals surface area contributed by atoms with Gasteiger partial charge in [0.25, 0.3) is 29.5 Å². The topological polar surface area (TPSA) is 250 Å². The summed E-state index contributed by atoms with van der Waals surface area (Å²) in [5.41, 5.74) is -2.29. The Labute approximate surface area is 513 Å². The Morgan fingerprint density at radius 3 is 1.20 bits per heavy atom. The average Bonchev–Trinajstić information content (AvgIpc) is 1.55. The van der Waals surface area contributed by atoms with Crippen molar-refractivity contribution in [2.45, 2.75) is 130 Å². The molecule has 25 heteroatoms. The maximum absolute atomic E-state index is 13.9. The molecule has 21 nitrogen and oxygen atoms in total. The van der Waals surface area contributed by atoms with Crippen LogP contribution >= 0.6 is 0 Å². The Kier molecular flexibility index (Phi) is 15.0. The third kappa shape index (κ3) is 9.07. The highest BCUT2D eigenvalue weighted by molar-refractivity contribution is 6.01. The number of carbonyl (C=O) groups excluding carboxylic acids is 6. The maximum atomic E-state index is 13.9. The number of nitrogens with zero attached hydrogens (tertiary/aromatic N) is 6. The van der Waals surface area contributed by atoms with Crippen molar-refractivity contribution in [3.63, 3.8) is 0 Å². The third-order valence-electron chi connectivity index (χ3n) is 21.4. The van der Waals surface area contributed by atoms with Gasteiger partial charge in [-0.2, -0.15) is 0 Å². The maximum Gasteiger partial charge on any atom is 0.343 e. The summed E-state index contributed by atoms with van der Waals surface area (Å²) in [7, 11) is 3.89. The number of methoxy groups -OCH3 is 3. The number of fused-ring (bicyclic) bond motifs is 27. The molecule has 9 heterocycles. The van der Waals surface area contributed by atoms with E-state index in [-0.39, 0.29) is 140 Å². The van der Waals surface area contributed by atoms with Gasteiger partial charge in [0.15, 0.2) is 34.3 Å². The van der Waals surface area contributed by atoms with Crippen molar-refractivity contribution in [1.82, 2.24) is 39.0 Å². The minimum Gasteiger partial charge on any atom is -0.503 e. The molecule has 0 unspecified atom stereocenters. The Hall–Kier alpha value is -8.77. The first-order chi connectivity index (χ1) is 41.8. The summed E-state index contributed by atoms with van der Waals surface area (Å²) in [6, 6.07) is 7.03. The van der Waals surface area contributed by atoms with Crippen molar-refractivity contribution in [1.29, 1.82) is 0 Å². The molecule has 17 rings (SSSR count). The number of halogens is 4. The van der Waals surface area contributed by atoms with E-state index in [0.29, 0.717) is 79.1 Å². The average molecular weight is 1250 g/mol. The number of aromatic nitrogens is 3. The van der Waals surface area contributed by atoms with E-state index in [4.69, 9.17) is 14.2 Å². The molecule has 12 aliphatic rings. The van der Waals surface area contributed by atoms with E-state index >= 15 is 0 Å². The van der Waals surface area contributed by atoms with E-state index in [2.05, 4.69) is 10.6 Å². The van der Waals surface area contributed by atoms with E-state index < -0.39 is 63.1 Å². The van der Waals surface area contributed by atoms with E-state index in [1.807, 2.05) is 14.7 Å². The van der Waals surface area contributed by atoms with Gasteiger partial charge in [-0.15, -0.1) is 0 Å². The van der Waals surface area contributed by atoms with Crippen molar-refractivity contribution in [2.24, 2.45) is 53.3 Å². The molecule has 6 saturated carbocycles. The monoisotopic (exact) mass is 1250 g/mol. The highest BCUT2D eigenvalue weighted by atomic mass is 19.1. The van der Waals surface area contributed by atoms with E-state index in [1.165, 1.54) is 63.0 Å². The fraction of sp³-hybridized carbons (Fsp3) is 0.492. The van der Waals surface area contributed by atoms with Gasteiger partial charge in [-0.1, -0.05) is 34.4 Å². The number of hydrogen-bond acceptors (Lipinski definition) is 13. The predicted molar refractivity (Wildman–Crippen MR) is 314 cm³/mol. The second-order valence-corrected chi connectivity index (χ2v) is 25.3. The lowest BCUT2D eigenvalue weighted by molar-refractivity contribution is 0.0456. The van der Waals surface area contributed by atoms with Crippen molar-refractivity contribution in [3.8, 4) is 17.2 Å². The summed E-state index contributed by atoms with van der Waals surface area (Å²) in [5.74, 6) is -1.63. The fourth-order valence-electron chi connectivity index (χ4n) is 17.4. The van der Waals surface area contributed by atoms with E-state index in [0.717, 1.165) is 56.2 Å². The highest BCUT2D eigenvalue weighted by Gasteiger charge is 2.69. The number of nitrogens with one attached hydrogen (secondary N) is 2. The van der Waals surface area contributed by atoms with Crippen LogP contribution in [0.25, 0.3) is 0 Å². The van der Waals surface area contributed by atoms with Crippen LogP contribution in [-0.4, -0.2) is 127 Å². The molecule has 6 aliphatic carbocycles. The summed E-state index contributed by atoms with van der Waals surface area (Å²) in [6.07, 6.45) is 10.7. The van der Waals surface area contributed by atoms with Crippen LogP contribution in [0.4, 0.5) is 17.6 Å². The van der Waals surface area contributed by atoms with Gasteiger partial charge in [0.05, 0.1) is 39.5 Å². The van der Waals surface area contributed by atoms with Gasteiger partial charge in [0, 0.05) is 92.7 Å². The summed E-state index contributed by atoms with van der Waals surface area (Å²) in [5, 5.41) is 15.4. The van der Waals surface area contributed by atoms with Crippen molar-refractivity contribution in [2.75, 3.05) is 21.3 Å². The number of esters is 1. The highest BCUT2D eigenvalue weighted by Crippen LogP contribution is 2.66. The van der Waals surface area contributed by atoms with Gasteiger partial charge in [0.2, 0.25) is 16.3 Å². The van der Waals surface area contributed by atoms with Crippen molar-refractivity contribution >= 4 is 35.5 Å². The summed E-state index contributed by atoms with van der Waals surface area (Å²) >= 11 is 0. The predicted octanol–water partition coefficient (Wildman–Crippen LogP) is 5.97. The first-order valence-corrected chi connectivity index (χ1v) is 29.4. The van der Waals surface area contributed by atoms with Crippen molar-refractivity contribution < 1.29 is 65.6 Å². The lowest BCUT2D eigenvalue weighted by Crippen LogP contribution is -2.53. The van der Waals surface area contributed by atoms with Crippen LogP contribution in [0.1, 0.15) is 134 Å². The molecule has 3 saturated heterocycles. The largest absolute Gasteiger partial charge is 0.503 e. The van der Waals surface area contributed by atoms with Crippen LogP contribution in [0.2, 0.25) is 0 Å². The summed E-state index contributed by atoms with van der Waals surface area (Å²) < 4.78 is 73.9. The number of ether oxygens (including phenoxy) is 3. The molecular formula is C65H70F4N8O13. The third-order valence-corrected chi connectivity index (χ3v) is 21.4. The Balaban J connectivity index is 0.000000130. The van der Waals surface area contributed by atoms with Crippen LogP contribution in [0.3, 0.4) is 0 Å². The second kappa shape index (κ2) is 22.0. The number of benzene rings is 2. The molecule has 6 bridgehead atoms. The molecule has 9 fully saturated rings. The standard InChI is InChI=1S/C23H21F2N3O4.C22H19F2N3O4.C17H18N2O5.3CH4/c1-32-21-19-23(31)28-17-6-14(12-5-13(12)17)18(28)9-27(19)8-15(20(21)29)22(30)26-7-10-2-3-11(24)4-16(10)25;23-10-2-1-9(15(24)3-10)6-25-21(30)14-7-26-8-17-13-5-16(12-4-11(12)13)27(17)22(31)18(26)20(29)19(14)28;1-23-15-13-16(21)19-11-4-9(7-3-8(7)11)12(19)6-18(13)5-10(14(15)20)17(22)24-2;;;/h2-4,8,12-14,17-18H,5-7,9H2,1H3,(H,26,30);1-3,7,11-13,16-17,29H,4-6,8H2,(H,25,30);5,7-9,11-12H,3-4,6H2,1-2H3;3*1H4/t12-,13+,14-,17+,18-;11-,12+,13-,16+,17-;7-,8+,9-,11+,12-;;;/m111.../s1. The smallest absolute Gasteiger partial charge is 0.343 e. The molecule has 6 aliphatic heterocycles. The zero-order chi connectivity index (χ0) is 60.7. The second-order valence-electron chi connectivity index (χ2n) is 25.3. The number of aromatic hydroxyl groups is 1. The molecule has 2 aromatic carbocycles. The van der Waals surface area contributed by atoms with Crippen LogP contribution < -0.4 is 36.4 Å². The Morgan fingerprint density at radius 1 is 0.478 bits per heavy atom. The molecule has 90 heavy (non-hydrogen) atoms. The Morgan fingerprint density at radius 2 is 0.822 bits per heavy atom. The molecule has 15 atom stereocenters. The van der Waals surface area contributed by atoms with Crippen LogP contribution in [0.5, 0.6) is 17.2 Å². The zero-order valence-corrected chi connectivity index (χ0v) is 47.2. The van der Waals surface area contributed by atoms with Crippen LogP contribution in [-0.2, 0) is 37.5 Å². The first kappa shape index (κ1) is 61.5. The number of carbonyl (C=O) groups is 6. The molecular weight excluding hydrogens is 1180 g/mol. The number of hydrogen-bond donors (Lipinski definition) is 3. The van der Waals surface area contributed by atoms with Crippen LogP contribution in [0, 0.1) is 76.5 Å². The van der Waals surface area contributed by atoms with Gasteiger partial charge in [0.1, 0.15) is 40.0 Å². The molecule has 476 valence electrons. The molecule has 5 aromatic rings. The van der Waals surface area contributed by atoms with Crippen molar-refractivity contribution in [3.05, 3.63) is 154 Å². The number of pyridine rings is 3. The summed E-state index contributed by atoms with van der Waals surface area (Å²) in [6.45, 7) is 1.07. The van der Waals surface area contributed by atoms with Crippen LogP contribution in [0.15, 0.2) is 69.4 Å². The van der Waals surface area contributed by atoms with Gasteiger partial charge in [-0.3, -0.25) is 38.4 Å². The van der Waals surface area contributed by atoms with E-state index in [9.17, 15) is 65.8 Å². The zero-order valence-electron chi connectivity index (χ0n) is 47.2. The van der Waals surface area contributed by atoms with E-state index in [1.54, 1.807) is 9.13 Å². The van der Waals surface area contributed by atoms with Gasteiger partial charge < -0.3 is 58.4 Å². The molecule has 0 spiro atoms. The summed E-state index contributed by atoms with van der Waals surface area (Å²) in [4.78, 5) is 121. The fourth-order valence-corrected chi connectivity index (χ4v) is 17.4. The number of piperidine rings is 3. The molecule has 0 radical (unpaired) electrons. The quantitative estimate of drug-likeness (QED) is 0.114. The molecule has 5 amide bonds. The molecule has 3 N–H and O–H groups in total. The molecule has 3 aromatic heterocycles. The Bertz CT molecular complexity index is 4130. The van der Waals surface area contributed by atoms with Gasteiger partial charge in [-0.25, -0.2) is 22.4 Å². The lowest BCUT2D eigenvalue weighted by Gasteiger charge is -2.40. The minimum absolute atomic E-state index is 0. The lowest BCUT2D eigenvalue weighted by atomic mass is 9.94. The normalized spacial score (nSPS) is 29.6. The number of rotatable bonds is 9. The minimum atomic E-state index is -0.941. The first-order valence-electron chi connectivity index (χ1n) is 29.4. The SMILES string of the molecule is C.C.C.COC(=O)c1cn2c(c(OC)c1=O)C(=O)N1[C@H](C2)[C@@H]2C[C@H]1[C@H]1C[C@@H]21.COc1c2n(cc(C(=O)NCc3ccc(F)cc3F)c1=O)C[C@@H]1[C@@H]3C[C@@H]([C@H]4C[C@@H]34)N1C2=O.O=C(NCc1ccc(F)cc1F)c1cn2c(c(O)c1=O)C(=O)N1[C@H](C2)[C@@H]2C[C@H]1[C@H]1C[C@@H]21.